The van der Waals surface area contributed by atoms with Crippen molar-refractivity contribution in [1.29, 1.82) is 0 Å². The standard InChI is InChI=1S/C5H5AtO2/c6-5-1-3(5)2-8-4(5)7/h3H,1-2H2/t3?,5-/m0/s1. The van der Waals surface area contributed by atoms with Crippen LogP contribution in [0.3, 0.4) is 0 Å². The second kappa shape index (κ2) is 1.26. The normalized spacial score (nSPS) is 50.6. The Bertz CT molecular complexity index is 155. The molecular weight excluding hydrogens is 302 g/mol. The molecule has 1 unspecified atom stereocenters. The molecule has 0 radical (unpaired) electrons. The van der Waals surface area contributed by atoms with Gasteiger partial charge in [-0.05, 0) is 0 Å². The zero-order chi connectivity index (χ0) is 5.78. The van der Waals surface area contributed by atoms with Crippen LogP contribution in [0.5, 0.6) is 0 Å². The summed E-state index contributed by atoms with van der Waals surface area (Å²) in [5.74, 6) is 0.630. The van der Waals surface area contributed by atoms with E-state index in [1.807, 2.05) is 0 Å². The van der Waals surface area contributed by atoms with Crippen LogP contribution in [-0.4, -0.2) is 12.6 Å². The van der Waals surface area contributed by atoms with Crippen molar-refractivity contribution in [3.05, 3.63) is 0 Å². The number of hydrogen-bond acceptors (Lipinski definition) is 2. The molecule has 2 aliphatic rings. The Morgan fingerprint density at radius 1 is 1.88 bits per heavy atom. The van der Waals surface area contributed by atoms with Gasteiger partial charge in [0.2, 0.25) is 0 Å². The molecule has 0 aromatic rings. The maximum atomic E-state index is 10.7. The predicted molar refractivity (Wildman–Crippen MR) is 21.8 cm³/mol. The van der Waals surface area contributed by atoms with Gasteiger partial charge in [0.1, 0.15) is 0 Å². The summed E-state index contributed by atoms with van der Waals surface area (Å²) in [4.78, 5) is 10.7. The zero-order valence-corrected chi connectivity index (χ0v) is 7.12. The molecule has 0 N–H and O–H groups in total. The van der Waals surface area contributed by atoms with Gasteiger partial charge in [-0.15, -0.1) is 0 Å². The fourth-order valence-corrected chi connectivity index (χ4v) is 2.22. The average Bonchev–Trinajstić information content (AvgIpc) is 2.31. The fraction of sp³-hybridized carbons (Fsp3) is 0.800. The molecular formula is C5H5AtO2. The van der Waals surface area contributed by atoms with E-state index in [4.69, 9.17) is 4.74 Å². The van der Waals surface area contributed by atoms with Gasteiger partial charge >= 0.3 is 62.3 Å². The molecule has 0 aromatic carbocycles. The third kappa shape index (κ3) is 0.439. The summed E-state index contributed by atoms with van der Waals surface area (Å²) in [5, 5.41) is 0. The third-order valence-corrected chi connectivity index (χ3v) is 4.18. The van der Waals surface area contributed by atoms with Crippen LogP contribution >= 0.6 is 0 Å². The molecule has 1 aliphatic carbocycles. The van der Waals surface area contributed by atoms with E-state index in [1.165, 1.54) is 0 Å². The topological polar surface area (TPSA) is 26.3 Å². The summed E-state index contributed by atoms with van der Waals surface area (Å²) in [5.41, 5.74) is 0. The van der Waals surface area contributed by atoms with Crippen molar-refractivity contribution in [2.24, 2.45) is 5.92 Å². The van der Waals surface area contributed by atoms with Crippen LogP contribution in [0.15, 0.2) is 0 Å². The molecule has 2 atom stereocenters. The Morgan fingerprint density at radius 3 is 2.75 bits per heavy atom. The minimum absolute atomic E-state index is 0.0139. The molecule has 44 valence electrons. The Balaban J connectivity index is 2.31. The third-order valence-electron chi connectivity index (χ3n) is 1.79. The Kier molecular flexibility index (Phi) is 0.813. The first-order chi connectivity index (χ1) is 3.73. The molecule has 2 rings (SSSR count). The van der Waals surface area contributed by atoms with Crippen LogP contribution in [-0.2, 0) is 9.53 Å². The monoisotopic (exact) mass is 307 g/mol. The number of esters is 1. The van der Waals surface area contributed by atoms with Gasteiger partial charge in [-0.25, -0.2) is 0 Å². The number of rotatable bonds is 0. The molecule has 3 heteroatoms. The molecule has 2 nitrogen and oxygen atoms in total. The Labute approximate surface area is 62.4 Å². The van der Waals surface area contributed by atoms with Crippen LogP contribution in [0, 0.1) is 30.6 Å². The molecule has 0 bridgehead atoms. The van der Waals surface area contributed by atoms with Crippen molar-refractivity contribution in [1.82, 2.24) is 0 Å². The van der Waals surface area contributed by atoms with Crippen molar-refractivity contribution >= 4 is 5.97 Å². The number of fused-ring (bicyclic) bond motifs is 1. The molecule has 1 saturated heterocycles. The van der Waals surface area contributed by atoms with Gasteiger partial charge in [-0.3, -0.25) is 0 Å². The molecule has 2 fully saturated rings. The van der Waals surface area contributed by atoms with Crippen LogP contribution < -0.4 is 0 Å². The average molecular weight is 307 g/mol. The summed E-state index contributed by atoms with van der Waals surface area (Å²) in [6.45, 7) is 0.690. The first-order valence-corrected chi connectivity index (χ1v) is 4.06. The Morgan fingerprint density at radius 2 is 2.62 bits per heavy atom. The van der Waals surface area contributed by atoms with Crippen LogP contribution in [0.25, 0.3) is 0 Å². The molecule has 8 heavy (non-hydrogen) atoms. The number of ether oxygens (including phenoxy) is 1. The van der Waals surface area contributed by atoms with Gasteiger partial charge in [-0.1, -0.05) is 0 Å². The van der Waals surface area contributed by atoms with Crippen molar-refractivity contribution in [2.75, 3.05) is 6.61 Å². The van der Waals surface area contributed by atoms with E-state index < -0.39 is 0 Å². The zero-order valence-electron chi connectivity index (χ0n) is 4.19. The van der Waals surface area contributed by atoms with Crippen LogP contribution in [0.4, 0.5) is 0 Å². The predicted octanol–water partition coefficient (Wildman–Crippen LogP) is 0.271. The van der Waals surface area contributed by atoms with E-state index in [-0.39, 0.29) is 9.09 Å². The van der Waals surface area contributed by atoms with Gasteiger partial charge < -0.3 is 0 Å². The summed E-state index contributed by atoms with van der Waals surface area (Å²) >= 11 is 1.59. The SMILES string of the molecule is O=C1OCC2C[C@@]12[At]. The van der Waals surface area contributed by atoms with E-state index in [1.54, 1.807) is 24.7 Å². The van der Waals surface area contributed by atoms with Crippen LogP contribution in [0.1, 0.15) is 6.42 Å². The first-order valence-electron chi connectivity index (χ1n) is 2.59. The molecule has 0 aromatic heterocycles. The molecule has 0 spiro atoms. The van der Waals surface area contributed by atoms with Crippen molar-refractivity contribution in [3.8, 4) is 0 Å². The molecule has 1 saturated carbocycles. The number of cyclic esters (lactones) is 1. The minimum atomic E-state index is 0.0139. The summed E-state index contributed by atoms with van der Waals surface area (Å²) in [7, 11) is 0. The van der Waals surface area contributed by atoms with E-state index >= 15 is 0 Å². The van der Waals surface area contributed by atoms with E-state index in [0.717, 1.165) is 6.42 Å². The number of carbonyl (C=O) groups excluding carboxylic acids is 1. The van der Waals surface area contributed by atoms with Gasteiger partial charge in [0.15, 0.2) is 0 Å². The maximum absolute atomic E-state index is 10.7. The number of hydrogen-bond donors (Lipinski definition) is 0. The Hall–Kier alpha value is 0.353. The summed E-state index contributed by atoms with van der Waals surface area (Å²) in [6.07, 6.45) is 1.09. The van der Waals surface area contributed by atoms with Gasteiger partial charge in [0.25, 0.3) is 0 Å². The van der Waals surface area contributed by atoms with E-state index in [9.17, 15) is 4.79 Å². The van der Waals surface area contributed by atoms with Crippen molar-refractivity contribution in [3.63, 3.8) is 0 Å². The van der Waals surface area contributed by atoms with Gasteiger partial charge in [0.05, 0.1) is 0 Å². The quantitative estimate of drug-likeness (QED) is 0.601. The van der Waals surface area contributed by atoms with Crippen LogP contribution in [0.2, 0.25) is 3.12 Å². The van der Waals surface area contributed by atoms with Crippen molar-refractivity contribution in [2.45, 2.75) is 9.54 Å². The van der Waals surface area contributed by atoms with Gasteiger partial charge in [-0.2, -0.15) is 0 Å². The molecule has 1 aliphatic heterocycles. The summed E-state index contributed by atoms with van der Waals surface area (Å²) < 4.78 is 4.81. The van der Waals surface area contributed by atoms with Gasteiger partial charge in [0, 0.05) is 0 Å². The second-order valence-corrected chi connectivity index (χ2v) is 4.98. The number of carbonyl (C=O) groups is 1. The first kappa shape index (κ1) is 5.16. The molecule has 0 amide bonds. The fourth-order valence-electron chi connectivity index (χ4n) is 1.04. The second-order valence-electron chi connectivity index (χ2n) is 2.36. The van der Waals surface area contributed by atoms with E-state index in [0.29, 0.717) is 12.5 Å². The van der Waals surface area contributed by atoms with Crippen molar-refractivity contribution < 1.29 is 34.3 Å². The summed E-state index contributed by atoms with van der Waals surface area (Å²) in [6, 6.07) is 0. The molecule has 1 heterocycles. The van der Waals surface area contributed by atoms with E-state index in [2.05, 4.69) is 0 Å².